The molecular weight excluding hydrogens is 276 g/mol. The molecule has 0 heterocycles. The van der Waals surface area contributed by atoms with Crippen LogP contribution in [0.3, 0.4) is 0 Å². The SMILES string of the molecule is ON(Oc1ccccc1)N(c1ccccc1)c1ccccc1. The Hall–Kier alpha value is -2.82. The van der Waals surface area contributed by atoms with Crippen molar-refractivity contribution in [1.82, 2.24) is 5.34 Å². The third kappa shape index (κ3) is 3.25. The molecule has 22 heavy (non-hydrogen) atoms. The summed E-state index contributed by atoms with van der Waals surface area (Å²) in [6, 6.07) is 28.2. The maximum absolute atomic E-state index is 10.4. The van der Waals surface area contributed by atoms with E-state index in [2.05, 4.69) is 0 Å². The first-order valence-electron chi connectivity index (χ1n) is 6.97. The summed E-state index contributed by atoms with van der Waals surface area (Å²) in [5.41, 5.74) is 1.57. The molecule has 0 fully saturated rings. The van der Waals surface area contributed by atoms with Crippen molar-refractivity contribution in [2.45, 2.75) is 0 Å². The Morgan fingerprint density at radius 3 is 1.45 bits per heavy atom. The summed E-state index contributed by atoms with van der Waals surface area (Å²) in [5.74, 6) is 0.543. The molecule has 0 saturated heterocycles. The number of benzene rings is 3. The average Bonchev–Trinajstić information content (AvgIpc) is 2.58. The van der Waals surface area contributed by atoms with Crippen LogP contribution in [0.5, 0.6) is 5.75 Å². The number of anilines is 2. The number of hydrogen-bond donors (Lipinski definition) is 1. The lowest BCUT2D eigenvalue weighted by Crippen LogP contribution is -2.39. The first-order valence-corrected chi connectivity index (χ1v) is 6.97. The summed E-state index contributed by atoms with van der Waals surface area (Å²) >= 11 is 0. The predicted molar refractivity (Wildman–Crippen MR) is 85.7 cm³/mol. The van der Waals surface area contributed by atoms with Gasteiger partial charge in [0.1, 0.15) is 0 Å². The van der Waals surface area contributed by atoms with Crippen molar-refractivity contribution in [2.24, 2.45) is 0 Å². The number of hydrogen-bond acceptors (Lipinski definition) is 4. The molecule has 0 saturated carbocycles. The van der Waals surface area contributed by atoms with Crippen molar-refractivity contribution in [3.05, 3.63) is 91.0 Å². The third-order valence-electron chi connectivity index (χ3n) is 3.10. The molecule has 0 aromatic heterocycles. The highest BCUT2D eigenvalue weighted by atomic mass is 16.9. The fourth-order valence-electron chi connectivity index (χ4n) is 2.10. The topological polar surface area (TPSA) is 35.9 Å². The molecule has 0 aliphatic rings. The number of nitrogens with zero attached hydrogens (tertiary/aromatic N) is 2. The first kappa shape index (κ1) is 14.1. The zero-order chi connectivity index (χ0) is 15.2. The molecule has 3 aromatic carbocycles. The summed E-state index contributed by atoms with van der Waals surface area (Å²) in [4.78, 5) is 5.50. The lowest BCUT2D eigenvalue weighted by atomic mass is 10.2. The van der Waals surface area contributed by atoms with Crippen LogP contribution in [0.15, 0.2) is 91.0 Å². The maximum Gasteiger partial charge on any atom is 0.152 e. The molecule has 3 rings (SSSR count). The largest absolute Gasteiger partial charge is 0.362 e. The van der Waals surface area contributed by atoms with Crippen molar-refractivity contribution in [3.8, 4) is 5.75 Å². The Morgan fingerprint density at radius 1 is 0.591 bits per heavy atom. The van der Waals surface area contributed by atoms with E-state index in [9.17, 15) is 5.21 Å². The van der Waals surface area contributed by atoms with E-state index < -0.39 is 0 Å². The van der Waals surface area contributed by atoms with Crippen molar-refractivity contribution in [2.75, 3.05) is 5.01 Å². The van der Waals surface area contributed by atoms with E-state index >= 15 is 0 Å². The van der Waals surface area contributed by atoms with E-state index in [0.29, 0.717) is 5.75 Å². The zero-order valence-electron chi connectivity index (χ0n) is 11.9. The van der Waals surface area contributed by atoms with Gasteiger partial charge in [0.15, 0.2) is 5.75 Å². The lowest BCUT2D eigenvalue weighted by Gasteiger charge is -2.30. The molecule has 0 atom stereocenters. The van der Waals surface area contributed by atoms with E-state index in [4.69, 9.17) is 4.84 Å². The van der Waals surface area contributed by atoms with Crippen LogP contribution in [0.4, 0.5) is 11.4 Å². The number of hydrazine groups is 1. The quantitative estimate of drug-likeness (QED) is 0.706. The Bertz CT molecular complexity index is 651. The van der Waals surface area contributed by atoms with Gasteiger partial charge in [0.25, 0.3) is 0 Å². The van der Waals surface area contributed by atoms with Gasteiger partial charge in [-0.15, -0.1) is 0 Å². The molecule has 1 N–H and O–H groups in total. The van der Waals surface area contributed by atoms with E-state index in [-0.39, 0.29) is 0 Å². The van der Waals surface area contributed by atoms with Gasteiger partial charge in [-0.3, -0.25) is 5.21 Å². The van der Waals surface area contributed by atoms with Crippen molar-refractivity contribution >= 4 is 11.4 Å². The molecule has 4 heteroatoms. The summed E-state index contributed by atoms with van der Waals surface area (Å²) < 4.78 is 0. The van der Waals surface area contributed by atoms with Crippen LogP contribution >= 0.6 is 0 Å². The summed E-state index contributed by atoms with van der Waals surface area (Å²) in [5, 5.41) is 12.7. The van der Waals surface area contributed by atoms with Gasteiger partial charge in [-0.25, -0.2) is 5.01 Å². The fraction of sp³-hybridized carbons (Fsp3) is 0. The van der Waals surface area contributed by atoms with Crippen LogP contribution in [0.1, 0.15) is 0 Å². The molecule has 110 valence electrons. The maximum atomic E-state index is 10.4. The van der Waals surface area contributed by atoms with Crippen LogP contribution < -0.4 is 9.85 Å². The van der Waals surface area contributed by atoms with Crippen molar-refractivity contribution < 1.29 is 10.0 Å². The van der Waals surface area contributed by atoms with Gasteiger partial charge < -0.3 is 4.84 Å². The molecule has 0 radical (unpaired) electrons. The lowest BCUT2D eigenvalue weighted by molar-refractivity contribution is -0.282. The normalized spacial score (nSPS) is 10.5. The highest BCUT2D eigenvalue weighted by molar-refractivity contribution is 5.61. The van der Waals surface area contributed by atoms with Gasteiger partial charge in [-0.05, 0) is 36.4 Å². The molecule has 0 aliphatic carbocycles. The molecule has 3 aromatic rings. The standard InChI is InChI=1S/C18H16N2O2/c21-20(22-18-14-8-3-9-15-18)19(16-10-4-1-5-11-16)17-12-6-2-7-13-17/h1-15,21H. The molecule has 0 bridgehead atoms. The van der Waals surface area contributed by atoms with Gasteiger partial charge in [-0.2, -0.15) is 0 Å². The molecule has 4 nitrogen and oxygen atoms in total. The second kappa shape index (κ2) is 6.76. The summed E-state index contributed by atoms with van der Waals surface area (Å²) in [6.07, 6.45) is 0. The van der Waals surface area contributed by atoms with Crippen LogP contribution in [0.2, 0.25) is 0 Å². The summed E-state index contributed by atoms with van der Waals surface area (Å²) in [6.45, 7) is 0. The highest BCUT2D eigenvalue weighted by Gasteiger charge is 2.18. The van der Waals surface area contributed by atoms with Crippen molar-refractivity contribution in [1.29, 1.82) is 0 Å². The molecule has 0 aliphatic heterocycles. The Morgan fingerprint density at radius 2 is 1.00 bits per heavy atom. The predicted octanol–water partition coefficient (Wildman–Crippen LogP) is 4.42. The van der Waals surface area contributed by atoms with E-state index in [1.165, 1.54) is 0 Å². The number of rotatable bonds is 5. The van der Waals surface area contributed by atoms with Crippen LogP contribution in [0, 0.1) is 0 Å². The van der Waals surface area contributed by atoms with Crippen LogP contribution in [0.25, 0.3) is 0 Å². The smallest absolute Gasteiger partial charge is 0.152 e. The Balaban J connectivity index is 1.92. The third-order valence-corrected chi connectivity index (χ3v) is 3.10. The van der Waals surface area contributed by atoms with Gasteiger partial charge in [0.05, 0.1) is 16.7 Å². The summed E-state index contributed by atoms with van der Waals surface area (Å²) in [7, 11) is 0. The minimum Gasteiger partial charge on any atom is -0.362 e. The second-order valence-electron chi connectivity index (χ2n) is 4.64. The molecule has 0 spiro atoms. The van der Waals surface area contributed by atoms with Crippen molar-refractivity contribution in [3.63, 3.8) is 0 Å². The average molecular weight is 292 g/mol. The van der Waals surface area contributed by atoms with Crippen LogP contribution in [-0.2, 0) is 0 Å². The Labute approximate surface area is 129 Å². The van der Waals surface area contributed by atoms with Gasteiger partial charge in [0, 0.05) is 0 Å². The highest BCUT2D eigenvalue weighted by Crippen LogP contribution is 2.27. The van der Waals surface area contributed by atoms with E-state index in [1.807, 2.05) is 78.9 Å². The monoisotopic (exact) mass is 292 g/mol. The molecule has 0 unspecified atom stereocenters. The van der Waals surface area contributed by atoms with E-state index in [1.54, 1.807) is 17.1 Å². The molecular formula is C18H16N2O2. The van der Waals surface area contributed by atoms with E-state index in [0.717, 1.165) is 16.7 Å². The van der Waals surface area contributed by atoms with Gasteiger partial charge in [0.2, 0.25) is 0 Å². The fourth-order valence-corrected chi connectivity index (χ4v) is 2.10. The second-order valence-corrected chi connectivity index (χ2v) is 4.64. The van der Waals surface area contributed by atoms with Gasteiger partial charge >= 0.3 is 0 Å². The minimum absolute atomic E-state index is 0.543. The van der Waals surface area contributed by atoms with Gasteiger partial charge in [-0.1, -0.05) is 54.6 Å². The first-order chi connectivity index (χ1) is 10.8. The Kier molecular flexibility index (Phi) is 4.34. The molecule has 0 amide bonds. The van der Waals surface area contributed by atoms with Crippen LogP contribution in [-0.4, -0.2) is 10.5 Å². The number of para-hydroxylation sites is 3. The minimum atomic E-state index is 0.543. The zero-order valence-corrected chi connectivity index (χ0v) is 11.9.